The van der Waals surface area contributed by atoms with Crippen molar-refractivity contribution in [2.24, 2.45) is 7.05 Å². The van der Waals surface area contributed by atoms with Crippen molar-refractivity contribution >= 4 is 32.2 Å². The second-order valence-corrected chi connectivity index (χ2v) is 14.0. The number of aromatic nitrogens is 1. The SMILES string of the molecule is CC(C)[Si](ONC(=O)/C=C/c1ccc(/C=C/C(=O)c2ccco2)n1C)(C(C)C)C(C)C. The van der Waals surface area contributed by atoms with Gasteiger partial charge in [0.1, 0.15) is 0 Å². The summed E-state index contributed by atoms with van der Waals surface area (Å²) in [5, 5.41) is 0. The molecule has 2 aromatic rings. The highest BCUT2D eigenvalue weighted by Crippen LogP contribution is 2.41. The van der Waals surface area contributed by atoms with Crippen molar-refractivity contribution < 1.29 is 18.5 Å². The summed E-state index contributed by atoms with van der Waals surface area (Å²) in [4.78, 5) is 24.5. The summed E-state index contributed by atoms with van der Waals surface area (Å²) in [6.45, 7) is 13.0. The number of allylic oxidation sites excluding steroid dienone is 1. The highest BCUT2D eigenvalue weighted by molar-refractivity contribution is 6.77. The molecule has 0 bridgehead atoms. The van der Waals surface area contributed by atoms with Crippen LogP contribution in [-0.2, 0) is 16.4 Å². The number of nitrogens with one attached hydrogen (secondary N) is 1. The van der Waals surface area contributed by atoms with Gasteiger partial charge >= 0.3 is 0 Å². The molecule has 0 spiro atoms. The third-order valence-electron chi connectivity index (χ3n) is 5.81. The number of ketones is 1. The van der Waals surface area contributed by atoms with Crippen LogP contribution in [0.5, 0.6) is 0 Å². The summed E-state index contributed by atoms with van der Waals surface area (Å²) in [6.07, 6.45) is 7.86. The van der Waals surface area contributed by atoms with Crippen LogP contribution in [0.15, 0.2) is 47.1 Å². The molecule has 168 valence electrons. The third kappa shape index (κ3) is 5.74. The van der Waals surface area contributed by atoms with Crippen LogP contribution >= 0.6 is 0 Å². The predicted molar refractivity (Wildman–Crippen MR) is 127 cm³/mol. The second-order valence-electron chi connectivity index (χ2n) is 8.64. The molecule has 0 radical (unpaired) electrons. The molecule has 0 saturated heterocycles. The van der Waals surface area contributed by atoms with Crippen LogP contribution in [0.3, 0.4) is 0 Å². The van der Waals surface area contributed by atoms with E-state index >= 15 is 0 Å². The van der Waals surface area contributed by atoms with Gasteiger partial charge in [0, 0.05) is 24.5 Å². The van der Waals surface area contributed by atoms with Gasteiger partial charge in [-0.1, -0.05) is 41.5 Å². The normalized spacial score (nSPS) is 12.7. The van der Waals surface area contributed by atoms with Crippen LogP contribution in [0.2, 0.25) is 16.6 Å². The Morgan fingerprint density at radius 1 is 0.968 bits per heavy atom. The van der Waals surface area contributed by atoms with Crippen molar-refractivity contribution in [3.63, 3.8) is 0 Å². The van der Waals surface area contributed by atoms with E-state index in [-0.39, 0.29) is 11.7 Å². The Balaban J connectivity index is 2.04. The van der Waals surface area contributed by atoms with E-state index in [1.165, 1.54) is 18.4 Å². The number of carbonyl (C=O) groups excluding carboxylic acids is 2. The van der Waals surface area contributed by atoms with Gasteiger partial charge in [-0.05, 0) is 59.1 Å². The number of furan rings is 1. The van der Waals surface area contributed by atoms with Crippen LogP contribution < -0.4 is 5.48 Å². The Bertz CT molecular complexity index is 915. The lowest BCUT2D eigenvalue weighted by atomic mass is 10.2. The smallest absolute Gasteiger partial charge is 0.266 e. The maximum absolute atomic E-state index is 12.4. The summed E-state index contributed by atoms with van der Waals surface area (Å²) in [5.41, 5.74) is 5.48. The topological polar surface area (TPSA) is 73.5 Å². The molecule has 0 saturated carbocycles. The number of nitrogens with zero attached hydrogens (tertiary/aromatic N) is 1. The lowest BCUT2D eigenvalue weighted by Gasteiger charge is -2.40. The molecule has 2 rings (SSSR count). The Morgan fingerprint density at radius 3 is 2.00 bits per heavy atom. The molecule has 31 heavy (non-hydrogen) atoms. The molecule has 0 aliphatic carbocycles. The van der Waals surface area contributed by atoms with Crippen molar-refractivity contribution in [1.82, 2.24) is 10.0 Å². The fourth-order valence-corrected chi connectivity index (χ4v) is 9.21. The predicted octanol–water partition coefficient (Wildman–Crippen LogP) is 5.75. The van der Waals surface area contributed by atoms with Crippen molar-refractivity contribution in [3.8, 4) is 0 Å². The molecule has 6 nitrogen and oxygen atoms in total. The third-order valence-corrected chi connectivity index (χ3v) is 11.7. The number of hydrogen-bond donors (Lipinski definition) is 1. The van der Waals surface area contributed by atoms with Gasteiger partial charge in [0.25, 0.3) is 5.91 Å². The van der Waals surface area contributed by atoms with Gasteiger partial charge in [-0.25, -0.2) is 5.48 Å². The zero-order valence-corrected chi connectivity index (χ0v) is 20.5. The van der Waals surface area contributed by atoms with Gasteiger partial charge in [0.05, 0.1) is 6.26 Å². The van der Waals surface area contributed by atoms with E-state index in [0.29, 0.717) is 22.4 Å². The monoisotopic (exact) mass is 442 g/mol. The van der Waals surface area contributed by atoms with Crippen LogP contribution in [0, 0.1) is 0 Å². The minimum atomic E-state index is -2.17. The van der Waals surface area contributed by atoms with E-state index in [2.05, 4.69) is 47.0 Å². The maximum atomic E-state index is 12.4. The zero-order chi connectivity index (χ0) is 23.2. The molecule has 0 aromatic carbocycles. The van der Waals surface area contributed by atoms with Crippen molar-refractivity contribution in [2.45, 2.75) is 58.2 Å². The molecular weight excluding hydrogens is 408 g/mol. The number of amides is 1. The lowest BCUT2D eigenvalue weighted by Crippen LogP contribution is -2.52. The molecule has 1 N–H and O–H groups in total. The van der Waals surface area contributed by atoms with Crippen LogP contribution in [0.4, 0.5) is 0 Å². The molecule has 0 aliphatic heterocycles. The van der Waals surface area contributed by atoms with Crippen molar-refractivity contribution in [3.05, 3.63) is 59.8 Å². The van der Waals surface area contributed by atoms with E-state index in [1.807, 2.05) is 23.7 Å². The molecule has 1 amide bonds. The first kappa shape index (κ1) is 24.6. The quantitative estimate of drug-likeness (QED) is 0.220. The first-order chi connectivity index (χ1) is 14.6. The summed E-state index contributed by atoms with van der Waals surface area (Å²) in [7, 11) is -0.295. The molecule has 2 aromatic heterocycles. The number of hydrogen-bond acceptors (Lipinski definition) is 4. The molecule has 7 heteroatoms. The van der Waals surface area contributed by atoms with Gasteiger partial charge in [-0.2, -0.15) is 0 Å². The Hall–Kier alpha value is -2.64. The van der Waals surface area contributed by atoms with E-state index in [4.69, 9.17) is 8.94 Å². The lowest BCUT2D eigenvalue weighted by molar-refractivity contribution is -0.123. The molecule has 0 fully saturated rings. The van der Waals surface area contributed by atoms with Crippen molar-refractivity contribution in [2.75, 3.05) is 0 Å². The zero-order valence-electron chi connectivity index (χ0n) is 19.5. The first-order valence-electron chi connectivity index (χ1n) is 10.7. The molecule has 0 aliphatic rings. The Labute approximate surface area is 186 Å². The average molecular weight is 443 g/mol. The summed E-state index contributed by atoms with van der Waals surface area (Å²) < 4.78 is 13.1. The summed E-state index contributed by atoms with van der Waals surface area (Å²) in [6, 6.07) is 7.07. The van der Waals surface area contributed by atoms with Crippen LogP contribution in [0.25, 0.3) is 12.2 Å². The average Bonchev–Trinajstić information content (AvgIpc) is 3.34. The van der Waals surface area contributed by atoms with E-state index in [0.717, 1.165) is 11.4 Å². The van der Waals surface area contributed by atoms with E-state index < -0.39 is 8.32 Å². The van der Waals surface area contributed by atoms with E-state index in [9.17, 15) is 9.59 Å². The van der Waals surface area contributed by atoms with Crippen LogP contribution in [0.1, 0.15) is 63.5 Å². The number of hydroxylamine groups is 1. The molecular formula is C24H34N2O4Si. The summed E-state index contributed by atoms with van der Waals surface area (Å²) >= 11 is 0. The summed E-state index contributed by atoms with van der Waals surface area (Å²) in [5.74, 6) is -0.191. The Kier molecular flexibility index (Phi) is 8.41. The van der Waals surface area contributed by atoms with E-state index in [1.54, 1.807) is 24.3 Å². The minimum absolute atomic E-state index is 0.201. The van der Waals surface area contributed by atoms with Gasteiger partial charge in [-0.3, -0.25) is 9.59 Å². The highest BCUT2D eigenvalue weighted by Gasteiger charge is 2.46. The minimum Gasteiger partial charge on any atom is -0.461 e. The van der Waals surface area contributed by atoms with Gasteiger partial charge < -0.3 is 13.5 Å². The van der Waals surface area contributed by atoms with Gasteiger partial charge in [0.2, 0.25) is 14.1 Å². The molecule has 2 heterocycles. The largest absolute Gasteiger partial charge is 0.461 e. The maximum Gasteiger partial charge on any atom is 0.266 e. The second kappa shape index (κ2) is 10.6. The molecule has 0 atom stereocenters. The van der Waals surface area contributed by atoms with Crippen molar-refractivity contribution in [1.29, 1.82) is 0 Å². The standard InChI is InChI=1S/C24H34N2O4Si/c1-17(2)31(18(3)4,19(5)6)30-25-24(28)15-13-21-11-10-20(26(21)7)12-14-22(27)23-9-8-16-29-23/h8-19H,1-7H3,(H,25,28)/b14-12+,15-13+. The fraction of sp³-hybridized carbons (Fsp3) is 0.417. The number of rotatable bonds is 10. The van der Waals surface area contributed by atoms with Crippen LogP contribution in [-0.4, -0.2) is 24.6 Å². The highest BCUT2D eigenvalue weighted by atomic mass is 28.4. The van der Waals surface area contributed by atoms with Gasteiger partial charge in [-0.15, -0.1) is 0 Å². The molecule has 0 unspecified atom stereocenters. The Morgan fingerprint density at radius 2 is 1.52 bits per heavy atom. The number of carbonyl (C=O) groups is 2. The van der Waals surface area contributed by atoms with Gasteiger partial charge in [0.15, 0.2) is 5.76 Å². The fourth-order valence-electron chi connectivity index (χ4n) is 4.23. The first-order valence-corrected chi connectivity index (χ1v) is 12.8.